The molecule has 2 amide bonds. The Hall–Kier alpha value is -3.28. The number of carbonyl (C=O) groups excluding carboxylic acids is 2. The summed E-state index contributed by atoms with van der Waals surface area (Å²) in [4.78, 5) is 29.7. The van der Waals surface area contributed by atoms with Crippen molar-refractivity contribution in [3.05, 3.63) is 81.8 Å². The predicted octanol–water partition coefficient (Wildman–Crippen LogP) is 3.37. The number of methoxy groups -OCH3 is 1. The van der Waals surface area contributed by atoms with Crippen LogP contribution in [0.25, 0.3) is 0 Å². The van der Waals surface area contributed by atoms with E-state index in [0.717, 1.165) is 21.8 Å². The van der Waals surface area contributed by atoms with Crippen LogP contribution in [0.4, 0.5) is 10.5 Å². The number of rotatable bonds is 10. The van der Waals surface area contributed by atoms with E-state index in [9.17, 15) is 13.8 Å². The molecule has 3 atom stereocenters. The molecule has 0 spiro atoms. The second-order valence-electron chi connectivity index (χ2n) is 7.52. The van der Waals surface area contributed by atoms with Crippen molar-refractivity contribution in [2.24, 2.45) is 0 Å². The van der Waals surface area contributed by atoms with Gasteiger partial charge in [-0.2, -0.15) is 0 Å². The van der Waals surface area contributed by atoms with Crippen molar-refractivity contribution >= 4 is 40.3 Å². The van der Waals surface area contributed by atoms with Crippen LogP contribution in [0.1, 0.15) is 27.9 Å². The summed E-state index contributed by atoms with van der Waals surface area (Å²) in [6.07, 6.45) is 0.0451. The molecular formula is C23H26N4O5S2. The van der Waals surface area contributed by atoms with E-state index in [2.05, 4.69) is 20.3 Å². The number of alkyl carbamates (subject to hydrolysis) is 1. The van der Waals surface area contributed by atoms with E-state index in [1.165, 1.54) is 18.4 Å². The zero-order valence-corrected chi connectivity index (χ0v) is 20.3. The summed E-state index contributed by atoms with van der Waals surface area (Å²) >= 11 is -0.716. The second kappa shape index (κ2) is 12.3. The lowest BCUT2D eigenvalue weighted by atomic mass is 10.0. The molecule has 0 radical (unpaired) electrons. The Kier molecular flexibility index (Phi) is 9.14. The van der Waals surface area contributed by atoms with Gasteiger partial charge in [0.1, 0.15) is 11.0 Å². The molecule has 0 saturated carbocycles. The number of benzene rings is 2. The number of hydrogen-bond donors (Lipinski definition) is 4. The van der Waals surface area contributed by atoms with Crippen molar-refractivity contribution in [3.8, 4) is 0 Å². The molecule has 4 N–H and O–H groups in total. The average Bonchev–Trinajstić information content (AvgIpc) is 3.25. The predicted molar refractivity (Wildman–Crippen MR) is 132 cm³/mol. The fourth-order valence-corrected chi connectivity index (χ4v) is 4.50. The largest absolute Gasteiger partial charge is 0.453 e. The number of nitrogens with one attached hydrogen (secondary N) is 3. The first-order valence-corrected chi connectivity index (χ1v) is 12.4. The van der Waals surface area contributed by atoms with Crippen LogP contribution in [0, 0.1) is 6.92 Å². The number of carbonyl (C=O) groups is 2. The van der Waals surface area contributed by atoms with Gasteiger partial charge in [0.05, 0.1) is 13.2 Å². The lowest BCUT2D eigenvalue weighted by Gasteiger charge is -2.22. The lowest BCUT2D eigenvalue weighted by molar-refractivity contribution is -0.123. The maximum Gasteiger partial charge on any atom is 0.407 e. The van der Waals surface area contributed by atoms with Gasteiger partial charge in [0.2, 0.25) is 5.91 Å². The van der Waals surface area contributed by atoms with E-state index in [4.69, 9.17) is 9.29 Å². The first-order chi connectivity index (χ1) is 16.3. The third-order valence-corrected chi connectivity index (χ3v) is 6.41. The molecule has 0 aliphatic rings. The minimum atomic E-state index is -2.16. The monoisotopic (exact) mass is 502 g/mol. The number of aromatic nitrogens is 1. The standard InChI is InChI=1S/C23H26N4O5S2/c1-15-14-33-22(24-15)20(13-17-8-10-18(11-9-17)27-34(30)31)25-21(28)19(26-23(29)32-2)12-16-6-4-3-5-7-16/h3-11,14,19-20,27H,12-13H2,1-2H3,(H,25,28)(H,26,29)(H,30,31)/t19-,20-/m0/s1. The second-order valence-corrected chi connectivity index (χ2v) is 9.11. The maximum absolute atomic E-state index is 13.3. The fourth-order valence-electron chi connectivity index (χ4n) is 3.31. The van der Waals surface area contributed by atoms with E-state index >= 15 is 0 Å². The number of anilines is 1. The third-order valence-electron chi connectivity index (χ3n) is 4.93. The number of aryl methyl sites for hydroxylation is 1. The summed E-state index contributed by atoms with van der Waals surface area (Å²) in [5.41, 5.74) is 3.14. The highest BCUT2D eigenvalue weighted by Crippen LogP contribution is 2.23. The van der Waals surface area contributed by atoms with Gasteiger partial charge in [-0.1, -0.05) is 42.5 Å². The summed E-state index contributed by atoms with van der Waals surface area (Å²) in [6.45, 7) is 1.88. The Labute approximate surface area is 204 Å². The van der Waals surface area contributed by atoms with Gasteiger partial charge in [0.15, 0.2) is 0 Å². The van der Waals surface area contributed by atoms with E-state index < -0.39 is 29.4 Å². The van der Waals surface area contributed by atoms with Gasteiger partial charge in [-0.25, -0.2) is 14.0 Å². The molecule has 0 aliphatic carbocycles. The van der Waals surface area contributed by atoms with Crippen LogP contribution in [-0.2, 0) is 33.6 Å². The van der Waals surface area contributed by atoms with Crippen LogP contribution in [0.5, 0.6) is 0 Å². The SMILES string of the molecule is COC(=O)N[C@@H](Cc1ccccc1)C(=O)N[C@@H](Cc1ccc(NS(=O)O)cc1)c1nc(C)cs1. The topological polar surface area (TPSA) is 130 Å². The van der Waals surface area contributed by atoms with Gasteiger partial charge in [0.25, 0.3) is 11.3 Å². The molecule has 1 unspecified atom stereocenters. The van der Waals surface area contributed by atoms with Crippen LogP contribution < -0.4 is 15.4 Å². The molecule has 1 aromatic heterocycles. The number of nitrogens with zero attached hydrogens (tertiary/aromatic N) is 1. The van der Waals surface area contributed by atoms with Crippen LogP contribution in [0.15, 0.2) is 60.0 Å². The first-order valence-electron chi connectivity index (χ1n) is 10.4. The van der Waals surface area contributed by atoms with Crippen molar-refractivity contribution in [3.63, 3.8) is 0 Å². The zero-order valence-electron chi connectivity index (χ0n) is 18.7. The summed E-state index contributed by atoms with van der Waals surface area (Å²) in [6, 6.07) is 15.1. The highest BCUT2D eigenvalue weighted by atomic mass is 32.2. The fraction of sp³-hybridized carbons (Fsp3) is 0.261. The van der Waals surface area contributed by atoms with Crippen molar-refractivity contribution in [2.45, 2.75) is 31.8 Å². The minimum Gasteiger partial charge on any atom is -0.453 e. The van der Waals surface area contributed by atoms with Gasteiger partial charge >= 0.3 is 6.09 Å². The van der Waals surface area contributed by atoms with Crippen LogP contribution in [0.2, 0.25) is 0 Å². The molecule has 9 nitrogen and oxygen atoms in total. The number of amides is 2. The molecule has 0 bridgehead atoms. The van der Waals surface area contributed by atoms with Gasteiger partial charge in [-0.3, -0.25) is 14.1 Å². The normalized spacial score (nSPS) is 13.4. The Balaban J connectivity index is 1.79. The molecule has 11 heteroatoms. The van der Waals surface area contributed by atoms with Crippen molar-refractivity contribution in [1.29, 1.82) is 0 Å². The lowest BCUT2D eigenvalue weighted by Crippen LogP contribution is -2.49. The smallest absolute Gasteiger partial charge is 0.407 e. The van der Waals surface area contributed by atoms with E-state index in [-0.39, 0.29) is 5.91 Å². The molecule has 3 rings (SSSR count). The van der Waals surface area contributed by atoms with E-state index in [1.807, 2.05) is 54.8 Å². The molecule has 180 valence electrons. The van der Waals surface area contributed by atoms with Gasteiger partial charge in [-0.05, 0) is 36.6 Å². The zero-order chi connectivity index (χ0) is 24.5. The summed E-state index contributed by atoms with van der Waals surface area (Å²) < 4.78 is 27.0. The van der Waals surface area contributed by atoms with Crippen LogP contribution in [-0.4, -0.2) is 38.9 Å². The molecule has 1 heterocycles. The van der Waals surface area contributed by atoms with Crippen LogP contribution in [0.3, 0.4) is 0 Å². The number of hydrogen-bond acceptors (Lipinski definition) is 6. The van der Waals surface area contributed by atoms with Crippen molar-refractivity contribution in [1.82, 2.24) is 15.6 Å². The first kappa shape index (κ1) is 25.3. The molecule has 34 heavy (non-hydrogen) atoms. The summed E-state index contributed by atoms with van der Waals surface area (Å²) in [5, 5.41) is 8.29. The maximum atomic E-state index is 13.3. The third kappa shape index (κ3) is 7.65. The van der Waals surface area contributed by atoms with Crippen LogP contribution >= 0.6 is 11.3 Å². The average molecular weight is 503 g/mol. The summed E-state index contributed by atoms with van der Waals surface area (Å²) in [7, 11) is 1.25. The molecular weight excluding hydrogens is 476 g/mol. The van der Waals surface area contributed by atoms with E-state index in [1.54, 1.807) is 12.1 Å². The molecule has 0 saturated heterocycles. The van der Waals surface area contributed by atoms with E-state index in [0.29, 0.717) is 18.5 Å². The number of ether oxygens (including phenoxy) is 1. The highest BCUT2D eigenvalue weighted by molar-refractivity contribution is 7.80. The minimum absolute atomic E-state index is 0.296. The van der Waals surface area contributed by atoms with Crippen molar-refractivity contribution < 1.29 is 23.1 Å². The quantitative estimate of drug-likeness (QED) is 0.315. The Bertz CT molecular complexity index is 1120. The Morgan fingerprint density at radius 3 is 2.32 bits per heavy atom. The van der Waals surface area contributed by atoms with Gasteiger partial charge < -0.3 is 15.4 Å². The number of thiazole rings is 1. The summed E-state index contributed by atoms with van der Waals surface area (Å²) in [5.74, 6) is -0.360. The molecule has 2 aromatic carbocycles. The van der Waals surface area contributed by atoms with Gasteiger partial charge in [-0.15, -0.1) is 11.3 Å². The Morgan fingerprint density at radius 2 is 1.74 bits per heavy atom. The highest BCUT2D eigenvalue weighted by Gasteiger charge is 2.26. The van der Waals surface area contributed by atoms with Crippen molar-refractivity contribution in [2.75, 3.05) is 11.8 Å². The van der Waals surface area contributed by atoms with Gasteiger partial charge in [0, 0.05) is 23.2 Å². The molecule has 3 aromatic rings. The molecule has 0 fully saturated rings. The molecule has 0 aliphatic heterocycles. The Morgan fingerprint density at radius 1 is 1.06 bits per heavy atom.